The lowest BCUT2D eigenvalue weighted by molar-refractivity contribution is 0.545. The van der Waals surface area contributed by atoms with Gasteiger partial charge in [-0.05, 0) is 24.3 Å². The number of nitrogens with one attached hydrogen (secondary N) is 1. The van der Waals surface area contributed by atoms with Gasteiger partial charge in [-0.15, -0.1) is 0 Å². The van der Waals surface area contributed by atoms with Gasteiger partial charge >= 0.3 is 0 Å². The molecule has 4 nitrogen and oxygen atoms in total. The number of halogens is 2. The molecule has 7 heteroatoms. The molecule has 0 aliphatic heterocycles. The number of anilines is 1. The average Bonchev–Trinajstić information content (AvgIpc) is 2.51. The first-order valence-electron chi connectivity index (χ1n) is 7.01. The monoisotopic (exact) mass is 350 g/mol. The van der Waals surface area contributed by atoms with Crippen LogP contribution in [0.2, 0.25) is 0 Å². The second-order valence-electron chi connectivity index (χ2n) is 5.11. The lowest BCUT2D eigenvalue weighted by Gasteiger charge is -2.13. The van der Waals surface area contributed by atoms with Crippen LogP contribution in [0, 0.1) is 23.5 Å². The van der Waals surface area contributed by atoms with Gasteiger partial charge in [0, 0.05) is 25.7 Å². The Morgan fingerprint density at radius 1 is 1.12 bits per heavy atom. The SMILES string of the molecule is CN(C)c1ccccc1C#CCNS(=O)(=O)c1ccc(F)cc1F. The Kier molecular flexibility index (Phi) is 5.54. The number of benzene rings is 2. The highest BCUT2D eigenvalue weighted by atomic mass is 32.2. The molecule has 1 N–H and O–H groups in total. The van der Waals surface area contributed by atoms with Crippen LogP contribution in [0.4, 0.5) is 14.5 Å². The molecule has 0 amide bonds. The van der Waals surface area contributed by atoms with Gasteiger partial charge in [-0.1, -0.05) is 24.0 Å². The Bertz CT molecular complexity index is 900. The lowest BCUT2D eigenvalue weighted by atomic mass is 10.1. The van der Waals surface area contributed by atoms with E-state index in [9.17, 15) is 17.2 Å². The highest BCUT2D eigenvalue weighted by molar-refractivity contribution is 7.89. The number of hydrogen-bond donors (Lipinski definition) is 1. The summed E-state index contributed by atoms with van der Waals surface area (Å²) in [7, 11) is -0.342. The Morgan fingerprint density at radius 3 is 2.50 bits per heavy atom. The van der Waals surface area contributed by atoms with Crippen LogP contribution in [0.15, 0.2) is 47.4 Å². The maximum Gasteiger partial charge on any atom is 0.244 e. The van der Waals surface area contributed by atoms with Crippen molar-refractivity contribution in [1.29, 1.82) is 0 Å². The zero-order valence-corrected chi connectivity index (χ0v) is 14.0. The van der Waals surface area contributed by atoms with Gasteiger partial charge in [0.05, 0.1) is 12.2 Å². The lowest BCUT2D eigenvalue weighted by Crippen LogP contribution is -2.25. The summed E-state index contributed by atoms with van der Waals surface area (Å²) in [6.45, 7) is -0.194. The number of para-hydroxylation sites is 1. The van der Waals surface area contributed by atoms with Crippen molar-refractivity contribution in [3.8, 4) is 11.8 Å². The molecule has 0 saturated heterocycles. The minimum Gasteiger partial charge on any atom is -0.377 e. The fourth-order valence-corrected chi connectivity index (χ4v) is 2.99. The maximum atomic E-state index is 13.6. The molecule has 0 saturated carbocycles. The molecule has 2 rings (SSSR count). The van der Waals surface area contributed by atoms with Gasteiger partial charge < -0.3 is 4.90 Å². The average molecular weight is 350 g/mol. The van der Waals surface area contributed by atoms with Gasteiger partial charge in [-0.25, -0.2) is 17.2 Å². The molecule has 0 aromatic heterocycles. The fraction of sp³-hybridized carbons (Fsp3) is 0.176. The van der Waals surface area contributed by atoms with Crippen molar-refractivity contribution in [1.82, 2.24) is 4.72 Å². The molecule has 0 atom stereocenters. The van der Waals surface area contributed by atoms with E-state index in [2.05, 4.69) is 16.6 Å². The summed E-state index contributed by atoms with van der Waals surface area (Å²) in [4.78, 5) is 1.28. The smallest absolute Gasteiger partial charge is 0.244 e. The van der Waals surface area contributed by atoms with Gasteiger partial charge in [-0.2, -0.15) is 4.72 Å². The zero-order valence-electron chi connectivity index (χ0n) is 13.2. The number of hydrogen-bond acceptors (Lipinski definition) is 3. The van der Waals surface area contributed by atoms with E-state index in [0.29, 0.717) is 6.07 Å². The van der Waals surface area contributed by atoms with Crippen molar-refractivity contribution in [2.45, 2.75) is 4.90 Å². The third-order valence-electron chi connectivity index (χ3n) is 3.14. The molecule has 0 spiro atoms. The predicted octanol–water partition coefficient (Wildman–Crippen LogP) is 2.36. The molecule has 0 aliphatic rings. The topological polar surface area (TPSA) is 49.4 Å². The largest absolute Gasteiger partial charge is 0.377 e. The van der Waals surface area contributed by atoms with E-state index in [1.54, 1.807) is 0 Å². The highest BCUT2D eigenvalue weighted by Crippen LogP contribution is 2.16. The summed E-state index contributed by atoms with van der Waals surface area (Å²) in [5, 5.41) is 0. The van der Waals surface area contributed by atoms with E-state index in [1.807, 2.05) is 43.3 Å². The van der Waals surface area contributed by atoms with Crippen LogP contribution in [0.25, 0.3) is 0 Å². The Morgan fingerprint density at radius 2 is 1.83 bits per heavy atom. The molecule has 0 fully saturated rings. The van der Waals surface area contributed by atoms with Crippen molar-refractivity contribution in [2.24, 2.45) is 0 Å². The molecule has 0 aliphatic carbocycles. The molecule has 0 unspecified atom stereocenters. The van der Waals surface area contributed by atoms with Crippen LogP contribution in [0.5, 0.6) is 0 Å². The summed E-state index contributed by atoms with van der Waals surface area (Å²) in [6, 6.07) is 9.69. The Labute approximate surface area is 140 Å². The van der Waals surface area contributed by atoms with Crippen molar-refractivity contribution in [2.75, 3.05) is 25.5 Å². The predicted molar refractivity (Wildman–Crippen MR) is 89.2 cm³/mol. The van der Waals surface area contributed by atoms with Crippen LogP contribution >= 0.6 is 0 Å². The van der Waals surface area contributed by atoms with Gasteiger partial charge in [-0.3, -0.25) is 0 Å². The molecule has 0 heterocycles. The standard InChI is InChI=1S/C17H16F2N2O2S/c1-21(2)16-8-4-3-6-13(16)7-5-11-20-24(22,23)17-10-9-14(18)12-15(17)19/h3-4,6,8-10,12,20H,11H2,1-2H3. The third-order valence-corrected chi connectivity index (χ3v) is 4.58. The van der Waals surface area contributed by atoms with Crippen LogP contribution in [0.3, 0.4) is 0 Å². The first-order valence-corrected chi connectivity index (χ1v) is 8.49. The third kappa shape index (κ3) is 4.31. The van der Waals surface area contributed by atoms with Crippen molar-refractivity contribution >= 4 is 15.7 Å². The van der Waals surface area contributed by atoms with Crippen LogP contribution in [-0.4, -0.2) is 29.1 Å². The second kappa shape index (κ2) is 7.43. The molecule has 2 aromatic rings. The molecule has 2 aromatic carbocycles. The van der Waals surface area contributed by atoms with Crippen molar-refractivity contribution < 1.29 is 17.2 Å². The van der Waals surface area contributed by atoms with E-state index in [4.69, 9.17) is 0 Å². The molecular formula is C17H16F2N2O2S. The van der Waals surface area contributed by atoms with E-state index >= 15 is 0 Å². The summed E-state index contributed by atoms with van der Waals surface area (Å²) in [6.07, 6.45) is 0. The van der Waals surface area contributed by atoms with Crippen LogP contribution in [-0.2, 0) is 10.0 Å². The minimum absolute atomic E-state index is 0.194. The second-order valence-corrected chi connectivity index (χ2v) is 6.85. The summed E-state index contributed by atoms with van der Waals surface area (Å²) in [5.41, 5.74) is 1.65. The van der Waals surface area contributed by atoms with Crippen molar-refractivity contribution in [3.05, 3.63) is 59.7 Å². The van der Waals surface area contributed by atoms with Gasteiger partial charge in [0.25, 0.3) is 0 Å². The fourth-order valence-electron chi connectivity index (χ4n) is 2.01. The molecule has 126 valence electrons. The molecule has 0 bridgehead atoms. The van der Waals surface area contributed by atoms with Crippen molar-refractivity contribution in [3.63, 3.8) is 0 Å². The summed E-state index contributed by atoms with van der Waals surface area (Å²) in [5.74, 6) is 3.57. The molecule has 0 radical (unpaired) electrons. The van der Waals surface area contributed by atoms with Gasteiger partial charge in [0.2, 0.25) is 10.0 Å². The van der Waals surface area contributed by atoms with E-state index in [0.717, 1.165) is 23.4 Å². The minimum atomic E-state index is -4.09. The summed E-state index contributed by atoms with van der Waals surface area (Å²) >= 11 is 0. The van der Waals surface area contributed by atoms with E-state index in [1.165, 1.54) is 0 Å². The maximum absolute atomic E-state index is 13.6. The first-order chi connectivity index (χ1) is 11.3. The van der Waals surface area contributed by atoms with E-state index < -0.39 is 26.6 Å². The van der Waals surface area contributed by atoms with Gasteiger partial charge in [0.15, 0.2) is 0 Å². The number of rotatable bonds is 4. The Hall–Kier alpha value is -2.43. The molecule has 24 heavy (non-hydrogen) atoms. The number of sulfonamides is 1. The molecular weight excluding hydrogens is 334 g/mol. The first kappa shape index (κ1) is 17.9. The van der Waals surface area contributed by atoms with Gasteiger partial charge in [0.1, 0.15) is 16.5 Å². The summed E-state index contributed by atoms with van der Waals surface area (Å²) < 4.78 is 52.6. The number of nitrogens with zero attached hydrogens (tertiary/aromatic N) is 1. The Balaban J connectivity index is 2.12. The van der Waals surface area contributed by atoms with E-state index in [-0.39, 0.29) is 6.54 Å². The quantitative estimate of drug-likeness (QED) is 0.862. The van der Waals surface area contributed by atoms with Crippen LogP contribution in [0.1, 0.15) is 5.56 Å². The van der Waals surface area contributed by atoms with Crippen LogP contribution < -0.4 is 9.62 Å². The zero-order chi connectivity index (χ0) is 17.7. The normalized spacial score (nSPS) is 10.8. The highest BCUT2D eigenvalue weighted by Gasteiger charge is 2.18.